The van der Waals surface area contributed by atoms with Gasteiger partial charge >= 0.3 is 0 Å². The van der Waals surface area contributed by atoms with Crippen LogP contribution in [0.2, 0.25) is 0 Å². The van der Waals surface area contributed by atoms with Crippen molar-refractivity contribution in [3.05, 3.63) is 65.5 Å². The van der Waals surface area contributed by atoms with Crippen molar-refractivity contribution in [3.8, 4) is 0 Å². The second-order valence-electron chi connectivity index (χ2n) is 4.64. The Labute approximate surface area is 127 Å². The molecule has 0 saturated carbocycles. The first kappa shape index (κ1) is 13.7. The summed E-state index contributed by atoms with van der Waals surface area (Å²) >= 11 is 4.61. The van der Waals surface area contributed by atoms with Gasteiger partial charge in [0.15, 0.2) is 0 Å². The number of hydrogen-bond donors (Lipinski definition) is 4. The molecule has 106 valence electrons. The lowest BCUT2D eigenvalue weighted by molar-refractivity contribution is 0.0953. The summed E-state index contributed by atoms with van der Waals surface area (Å²) in [5.41, 5.74) is 5.44. The number of amides is 1. The summed E-state index contributed by atoms with van der Waals surface area (Å²) < 4.78 is 0. The van der Waals surface area contributed by atoms with Gasteiger partial charge in [0.05, 0.1) is 16.3 Å². The fourth-order valence-electron chi connectivity index (χ4n) is 2.16. The topological polar surface area (TPSA) is 83.8 Å². The summed E-state index contributed by atoms with van der Waals surface area (Å²) in [5.74, 6) is 5.56. The number of fused-ring (bicyclic) bond motifs is 1. The first-order valence-corrected chi connectivity index (χ1v) is 6.94. The number of nitrogen functional groups attached to an aromatic ring is 1. The molecule has 0 bridgehead atoms. The van der Waals surface area contributed by atoms with Gasteiger partial charge in [-0.1, -0.05) is 24.3 Å². The lowest BCUT2D eigenvalue weighted by Gasteiger charge is -2.09. The van der Waals surface area contributed by atoms with Crippen molar-refractivity contribution >= 4 is 29.6 Å². The molecule has 3 aromatic rings. The molecule has 0 aliphatic heterocycles. The van der Waals surface area contributed by atoms with Crippen LogP contribution in [0, 0.1) is 0 Å². The Hall–Kier alpha value is -2.31. The van der Waals surface area contributed by atoms with E-state index in [0.29, 0.717) is 5.56 Å². The number of nitrogens with one attached hydrogen (secondary N) is 2. The maximum absolute atomic E-state index is 11.4. The summed E-state index contributed by atoms with van der Waals surface area (Å²) in [7, 11) is 0. The molecule has 0 fully saturated rings. The highest BCUT2D eigenvalue weighted by atomic mass is 32.1. The highest BCUT2D eigenvalue weighted by Gasteiger charge is 2.14. The number of aromatic nitrogens is 2. The van der Waals surface area contributed by atoms with Crippen LogP contribution in [0.3, 0.4) is 0 Å². The number of H-pyrrole nitrogens is 1. The van der Waals surface area contributed by atoms with E-state index < -0.39 is 0 Å². The molecule has 0 aliphatic rings. The Morgan fingerprint density at radius 1 is 1.19 bits per heavy atom. The second-order valence-corrected chi connectivity index (χ2v) is 5.15. The lowest BCUT2D eigenvalue weighted by atomic mass is 10.1. The number of nitrogens with zero attached hydrogens (tertiary/aromatic N) is 1. The van der Waals surface area contributed by atoms with Gasteiger partial charge in [0.1, 0.15) is 5.82 Å². The number of aromatic amines is 1. The molecule has 1 atom stereocenters. The highest BCUT2D eigenvalue weighted by molar-refractivity contribution is 7.80. The molecule has 0 saturated heterocycles. The van der Waals surface area contributed by atoms with E-state index in [1.807, 2.05) is 36.4 Å². The monoisotopic (exact) mass is 298 g/mol. The van der Waals surface area contributed by atoms with Crippen LogP contribution in [0.4, 0.5) is 0 Å². The van der Waals surface area contributed by atoms with Gasteiger partial charge in [0.25, 0.3) is 5.91 Å². The number of carbonyl (C=O) groups excluding carboxylic acids is 1. The standard InChI is InChI=1S/C15H14N4OS/c16-19-15(20)10-7-5-9(6-8-10)13(21)14-17-11-3-1-2-4-12(11)18-14/h1-8,13,21H,16H2,(H,17,18)(H,19,20). The quantitative estimate of drug-likeness (QED) is 0.259. The number of rotatable bonds is 3. The molecule has 4 N–H and O–H groups in total. The Balaban J connectivity index is 1.90. The predicted molar refractivity (Wildman–Crippen MR) is 85.0 cm³/mol. The van der Waals surface area contributed by atoms with Crippen LogP contribution in [0.15, 0.2) is 48.5 Å². The maximum atomic E-state index is 11.4. The number of carbonyl (C=O) groups is 1. The Morgan fingerprint density at radius 2 is 1.90 bits per heavy atom. The molecule has 1 aromatic heterocycles. The zero-order valence-corrected chi connectivity index (χ0v) is 12.0. The third-order valence-electron chi connectivity index (χ3n) is 3.29. The van der Waals surface area contributed by atoms with Crippen molar-refractivity contribution in [2.75, 3.05) is 0 Å². The molecule has 21 heavy (non-hydrogen) atoms. The van der Waals surface area contributed by atoms with Gasteiger partial charge in [-0.05, 0) is 29.8 Å². The molecule has 5 nitrogen and oxygen atoms in total. The van der Waals surface area contributed by atoms with Crippen molar-refractivity contribution in [2.45, 2.75) is 5.25 Å². The molecular formula is C15H14N4OS. The molecule has 0 spiro atoms. The second kappa shape index (κ2) is 5.59. The number of nitrogens with two attached hydrogens (primary N) is 1. The summed E-state index contributed by atoms with van der Waals surface area (Å²) in [6.07, 6.45) is 0. The van der Waals surface area contributed by atoms with Crippen molar-refractivity contribution < 1.29 is 4.79 Å². The molecule has 1 unspecified atom stereocenters. The summed E-state index contributed by atoms with van der Waals surface area (Å²) in [4.78, 5) is 19.2. The van der Waals surface area contributed by atoms with Gasteiger partial charge < -0.3 is 4.98 Å². The first-order valence-electron chi connectivity index (χ1n) is 6.42. The molecular weight excluding hydrogens is 284 g/mol. The van der Waals surface area contributed by atoms with E-state index >= 15 is 0 Å². The number of hydrogen-bond acceptors (Lipinski definition) is 4. The highest BCUT2D eigenvalue weighted by Crippen LogP contribution is 2.27. The van der Waals surface area contributed by atoms with Gasteiger partial charge in [-0.25, -0.2) is 10.8 Å². The Bertz CT molecular complexity index is 749. The Kier molecular flexibility index (Phi) is 3.64. The van der Waals surface area contributed by atoms with Crippen molar-refractivity contribution in [2.24, 2.45) is 5.84 Å². The first-order chi connectivity index (χ1) is 10.2. The van der Waals surface area contributed by atoms with E-state index in [-0.39, 0.29) is 11.2 Å². The van der Waals surface area contributed by atoms with Crippen LogP contribution in [0.1, 0.15) is 27.0 Å². The smallest absolute Gasteiger partial charge is 0.265 e. The van der Waals surface area contributed by atoms with E-state index in [9.17, 15) is 4.79 Å². The third kappa shape index (κ3) is 2.63. The molecule has 0 aliphatic carbocycles. The minimum absolute atomic E-state index is 0.188. The van der Waals surface area contributed by atoms with E-state index in [1.165, 1.54) is 0 Å². The van der Waals surface area contributed by atoms with Crippen molar-refractivity contribution in [3.63, 3.8) is 0 Å². The van der Waals surface area contributed by atoms with Crippen LogP contribution in [-0.2, 0) is 0 Å². The average molecular weight is 298 g/mol. The van der Waals surface area contributed by atoms with Crippen LogP contribution in [0.25, 0.3) is 11.0 Å². The maximum Gasteiger partial charge on any atom is 0.265 e. The number of benzene rings is 2. The molecule has 1 heterocycles. The number of hydrazine groups is 1. The molecule has 0 radical (unpaired) electrons. The van der Waals surface area contributed by atoms with Gasteiger partial charge in [-0.15, -0.1) is 0 Å². The Morgan fingerprint density at radius 3 is 2.57 bits per heavy atom. The summed E-state index contributed by atoms with van der Waals surface area (Å²) in [6, 6.07) is 14.9. The van der Waals surface area contributed by atoms with Gasteiger partial charge in [0, 0.05) is 5.56 Å². The van der Waals surface area contributed by atoms with E-state index in [0.717, 1.165) is 22.4 Å². The molecule has 1 amide bonds. The largest absolute Gasteiger partial charge is 0.341 e. The number of imidazole rings is 1. The van der Waals surface area contributed by atoms with Gasteiger partial charge in [0.2, 0.25) is 0 Å². The third-order valence-corrected chi connectivity index (χ3v) is 3.83. The summed E-state index contributed by atoms with van der Waals surface area (Å²) in [6.45, 7) is 0. The van der Waals surface area contributed by atoms with E-state index in [4.69, 9.17) is 5.84 Å². The minimum atomic E-state index is -0.319. The van der Waals surface area contributed by atoms with E-state index in [1.54, 1.807) is 12.1 Å². The fourth-order valence-corrected chi connectivity index (χ4v) is 2.45. The van der Waals surface area contributed by atoms with Gasteiger partial charge in [-0.3, -0.25) is 10.2 Å². The van der Waals surface area contributed by atoms with Gasteiger partial charge in [-0.2, -0.15) is 12.6 Å². The minimum Gasteiger partial charge on any atom is -0.341 e. The molecule has 3 rings (SSSR count). The number of thiol groups is 1. The zero-order chi connectivity index (χ0) is 14.8. The number of para-hydroxylation sites is 2. The SMILES string of the molecule is NNC(=O)c1ccc(C(S)c2nc3ccccc3[nH]2)cc1. The lowest BCUT2D eigenvalue weighted by Crippen LogP contribution is -2.29. The molecule has 2 aromatic carbocycles. The van der Waals surface area contributed by atoms with Crippen molar-refractivity contribution in [1.29, 1.82) is 0 Å². The fraction of sp³-hybridized carbons (Fsp3) is 0.0667. The summed E-state index contributed by atoms with van der Waals surface area (Å²) in [5, 5.41) is -0.188. The molecule has 6 heteroatoms. The normalized spacial score (nSPS) is 12.3. The van der Waals surface area contributed by atoms with Crippen molar-refractivity contribution in [1.82, 2.24) is 15.4 Å². The van der Waals surface area contributed by atoms with Crippen LogP contribution >= 0.6 is 12.6 Å². The van der Waals surface area contributed by atoms with E-state index in [2.05, 4.69) is 28.0 Å². The zero-order valence-electron chi connectivity index (χ0n) is 11.1. The predicted octanol–water partition coefficient (Wildman–Crippen LogP) is 2.19. The van der Waals surface area contributed by atoms with Crippen LogP contribution in [0.5, 0.6) is 0 Å². The van der Waals surface area contributed by atoms with Crippen LogP contribution < -0.4 is 11.3 Å². The van der Waals surface area contributed by atoms with Crippen LogP contribution in [-0.4, -0.2) is 15.9 Å². The average Bonchev–Trinajstić information content (AvgIpc) is 2.97.